The summed E-state index contributed by atoms with van der Waals surface area (Å²) in [5, 5.41) is 0. The van der Waals surface area contributed by atoms with Crippen LogP contribution < -0.4 is 0 Å². The lowest BCUT2D eigenvalue weighted by atomic mass is 9.88. The third kappa shape index (κ3) is 5.52. The number of carbonyl (C=O) groups excluding carboxylic acids is 1. The number of rotatable bonds is 10. The number of carbonyl (C=O) groups is 1. The van der Waals surface area contributed by atoms with Gasteiger partial charge in [0.2, 0.25) is 0 Å². The van der Waals surface area contributed by atoms with E-state index in [-0.39, 0.29) is 6.79 Å². The molecule has 0 saturated carbocycles. The Morgan fingerprint density at radius 3 is 2.23 bits per heavy atom. The molecular weight excluding hydrogens is 280 g/mol. The molecule has 0 aliphatic rings. The average molecular weight is 308 g/mol. The summed E-state index contributed by atoms with van der Waals surface area (Å²) in [7, 11) is 1.64. The largest absolute Gasteiger partial charge is 0.382 e. The van der Waals surface area contributed by atoms with Crippen molar-refractivity contribution >= 4 is 6.29 Å². The van der Waals surface area contributed by atoms with Gasteiger partial charge in [-0.15, -0.1) is 0 Å². The van der Waals surface area contributed by atoms with Crippen molar-refractivity contribution in [1.82, 2.24) is 0 Å². The van der Waals surface area contributed by atoms with Crippen LogP contribution in [0.3, 0.4) is 0 Å². The van der Waals surface area contributed by atoms with E-state index in [2.05, 4.69) is 33.8 Å². The van der Waals surface area contributed by atoms with Gasteiger partial charge in [-0.3, -0.25) is 4.79 Å². The molecule has 0 radical (unpaired) electrons. The zero-order valence-corrected chi connectivity index (χ0v) is 14.3. The maximum absolute atomic E-state index is 11.3. The number of methoxy groups -OCH3 is 1. The van der Waals surface area contributed by atoms with Crippen LogP contribution in [0.4, 0.5) is 0 Å². The lowest BCUT2D eigenvalue weighted by Crippen LogP contribution is -2.08. The first-order valence-corrected chi connectivity index (χ1v) is 7.77. The van der Waals surface area contributed by atoms with Crippen molar-refractivity contribution in [3.05, 3.63) is 34.4 Å². The Kier molecular flexibility index (Phi) is 8.31. The molecule has 0 aliphatic carbocycles. The number of aldehydes is 1. The van der Waals surface area contributed by atoms with Crippen molar-refractivity contribution in [2.75, 3.05) is 27.1 Å². The molecule has 0 spiro atoms. The minimum Gasteiger partial charge on any atom is -0.382 e. The van der Waals surface area contributed by atoms with Crippen LogP contribution in [0.25, 0.3) is 0 Å². The van der Waals surface area contributed by atoms with Gasteiger partial charge in [-0.05, 0) is 34.6 Å². The Bertz CT molecular complexity index is 466. The van der Waals surface area contributed by atoms with E-state index < -0.39 is 0 Å². The molecule has 0 saturated heterocycles. The van der Waals surface area contributed by atoms with Crippen LogP contribution in [0.15, 0.2) is 12.1 Å². The number of benzene rings is 1. The minimum atomic E-state index is 0.225. The molecule has 4 nitrogen and oxygen atoms in total. The molecular formula is C18H28O4. The zero-order valence-electron chi connectivity index (χ0n) is 14.3. The molecule has 0 atom stereocenters. The fourth-order valence-corrected chi connectivity index (χ4v) is 2.37. The van der Waals surface area contributed by atoms with E-state index in [0.717, 1.165) is 23.0 Å². The first-order chi connectivity index (χ1) is 10.5. The van der Waals surface area contributed by atoms with Crippen LogP contribution in [-0.4, -0.2) is 33.4 Å². The highest BCUT2D eigenvalue weighted by molar-refractivity contribution is 5.78. The van der Waals surface area contributed by atoms with Gasteiger partial charge in [-0.2, -0.15) is 0 Å². The molecule has 0 bridgehead atoms. The number of ether oxygens (including phenoxy) is 3. The van der Waals surface area contributed by atoms with Crippen molar-refractivity contribution in [2.24, 2.45) is 0 Å². The van der Waals surface area contributed by atoms with E-state index in [4.69, 9.17) is 14.2 Å². The van der Waals surface area contributed by atoms with Crippen molar-refractivity contribution < 1.29 is 19.0 Å². The van der Waals surface area contributed by atoms with Crippen molar-refractivity contribution in [2.45, 2.75) is 46.1 Å². The Morgan fingerprint density at radius 2 is 1.68 bits per heavy atom. The maximum Gasteiger partial charge on any atom is 0.150 e. The molecule has 0 unspecified atom stereocenters. The first-order valence-electron chi connectivity index (χ1n) is 7.77. The first kappa shape index (κ1) is 18.8. The molecule has 4 heteroatoms. The third-order valence-corrected chi connectivity index (χ3v) is 3.57. The van der Waals surface area contributed by atoms with Gasteiger partial charge in [-0.1, -0.05) is 33.8 Å². The molecule has 0 aliphatic heterocycles. The fourth-order valence-electron chi connectivity index (χ4n) is 2.37. The van der Waals surface area contributed by atoms with E-state index in [1.54, 1.807) is 7.11 Å². The molecule has 0 amide bonds. The predicted molar refractivity (Wildman–Crippen MR) is 87.5 cm³/mol. The van der Waals surface area contributed by atoms with Gasteiger partial charge in [0.25, 0.3) is 0 Å². The fraction of sp³-hybridized carbons (Fsp3) is 0.611. The van der Waals surface area contributed by atoms with Gasteiger partial charge in [0.05, 0.1) is 19.8 Å². The predicted octanol–water partition coefficient (Wildman–Crippen LogP) is 3.88. The van der Waals surface area contributed by atoms with Gasteiger partial charge in [0, 0.05) is 12.7 Å². The quantitative estimate of drug-likeness (QED) is 0.374. The smallest absolute Gasteiger partial charge is 0.150 e. The van der Waals surface area contributed by atoms with Crippen LogP contribution in [0.5, 0.6) is 0 Å². The normalized spacial score (nSPS) is 11.4. The van der Waals surface area contributed by atoms with Gasteiger partial charge in [-0.25, -0.2) is 0 Å². The molecule has 0 aromatic heterocycles. The number of hydrogen-bond acceptors (Lipinski definition) is 4. The SMILES string of the molecule is COCCOCOCc1cc(C=O)c(C(C)C)cc1C(C)C. The summed E-state index contributed by atoms with van der Waals surface area (Å²) in [6.45, 7) is 10.2. The highest BCUT2D eigenvalue weighted by Crippen LogP contribution is 2.28. The molecule has 124 valence electrons. The summed E-state index contributed by atoms with van der Waals surface area (Å²) in [6, 6.07) is 4.09. The molecule has 0 fully saturated rings. The standard InChI is InChI=1S/C18H28O4/c1-13(2)17-9-18(14(3)4)16(8-15(17)10-19)11-22-12-21-7-6-20-5/h8-10,13-14H,6-7,11-12H2,1-5H3. The van der Waals surface area contributed by atoms with E-state index in [1.165, 1.54) is 5.56 Å². The Balaban J connectivity index is 2.81. The molecule has 0 N–H and O–H groups in total. The second-order valence-corrected chi connectivity index (χ2v) is 5.97. The van der Waals surface area contributed by atoms with Gasteiger partial charge in [0.1, 0.15) is 13.1 Å². The molecule has 1 aromatic rings. The van der Waals surface area contributed by atoms with Gasteiger partial charge >= 0.3 is 0 Å². The van der Waals surface area contributed by atoms with E-state index in [9.17, 15) is 4.79 Å². The maximum atomic E-state index is 11.3. The Labute approximate surface area is 133 Å². The molecule has 1 aromatic carbocycles. The summed E-state index contributed by atoms with van der Waals surface area (Å²) in [5.74, 6) is 0.705. The van der Waals surface area contributed by atoms with E-state index in [0.29, 0.717) is 31.7 Å². The minimum absolute atomic E-state index is 0.225. The van der Waals surface area contributed by atoms with Crippen LogP contribution in [0.2, 0.25) is 0 Å². The zero-order chi connectivity index (χ0) is 16.5. The Hall–Kier alpha value is -1.23. The van der Waals surface area contributed by atoms with Crippen LogP contribution in [0.1, 0.15) is 66.6 Å². The average Bonchev–Trinajstić information content (AvgIpc) is 2.49. The van der Waals surface area contributed by atoms with Gasteiger partial charge in [0.15, 0.2) is 0 Å². The van der Waals surface area contributed by atoms with Crippen molar-refractivity contribution in [3.8, 4) is 0 Å². The molecule has 22 heavy (non-hydrogen) atoms. The lowest BCUT2D eigenvalue weighted by molar-refractivity contribution is -0.0726. The lowest BCUT2D eigenvalue weighted by Gasteiger charge is -2.18. The van der Waals surface area contributed by atoms with Crippen LogP contribution in [-0.2, 0) is 20.8 Å². The van der Waals surface area contributed by atoms with Crippen LogP contribution >= 0.6 is 0 Å². The van der Waals surface area contributed by atoms with Crippen LogP contribution in [0, 0.1) is 0 Å². The van der Waals surface area contributed by atoms with Crippen molar-refractivity contribution in [3.63, 3.8) is 0 Å². The van der Waals surface area contributed by atoms with Gasteiger partial charge < -0.3 is 14.2 Å². The number of hydrogen-bond donors (Lipinski definition) is 0. The Morgan fingerprint density at radius 1 is 1.00 bits per heavy atom. The highest BCUT2D eigenvalue weighted by Gasteiger charge is 2.14. The summed E-state index contributed by atoms with van der Waals surface area (Å²) in [5.41, 5.74) is 4.13. The second kappa shape index (κ2) is 9.72. The highest BCUT2D eigenvalue weighted by atomic mass is 16.7. The summed E-state index contributed by atoms with van der Waals surface area (Å²) in [6.07, 6.45) is 0.929. The van der Waals surface area contributed by atoms with Crippen molar-refractivity contribution in [1.29, 1.82) is 0 Å². The molecule has 1 rings (SSSR count). The second-order valence-electron chi connectivity index (χ2n) is 5.97. The topological polar surface area (TPSA) is 44.8 Å². The monoisotopic (exact) mass is 308 g/mol. The van der Waals surface area contributed by atoms with E-state index in [1.807, 2.05) is 6.07 Å². The summed E-state index contributed by atoms with van der Waals surface area (Å²) in [4.78, 5) is 11.3. The third-order valence-electron chi connectivity index (χ3n) is 3.57. The summed E-state index contributed by atoms with van der Waals surface area (Å²) < 4.78 is 15.8. The molecule has 0 heterocycles. The summed E-state index contributed by atoms with van der Waals surface area (Å²) >= 11 is 0. The van der Waals surface area contributed by atoms with E-state index >= 15 is 0 Å².